The minimum Gasteiger partial charge on any atom is -0.329 e. The molecule has 0 saturated carbocycles. The molecule has 0 radical (unpaired) electrons. The summed E-state index contributed by atoms with van der Waals surface area (Å²) in [6.07, 6.45) is 2.34. The summed E-state index contributed by atoms with van der Waals surface area (Å²) in [5.41, 5.74) is 7.35. The van der Waals surface area contributed by atoms with Crippen molar-refractivity contribution in [3.63, 3.8) is 0 Å². The maximum Gasteiger partial charge on any atom is 0.0353 e. The summed E-state index contributed by atoms with van der Waals surface area (Å²) < 4.78 is 0.247. The van der Waals surface area contributed by atoms with Crippen molar-refractivity contribution in [2.75, 3.05) is 19.6 Å². The highest BCUT2D eigenvalue weighted by Crippen LogP contribution is 2.39. The van der Waals surface area contributed by atoms with Crippen LogP contribution < -0.4 is 11.1 Å². The van der Waals surface area contributed by atoms with Crippen LogP contribution in [-0.4, -0.2) is 24.4 Å². The Balaban J connectivity index is 2.15. The highest BCUT2D eigenvalue weighted by molar-refractivity contribution is 8.00. The van der Waals surface area contributed by atoms with Gasteiger partial charge in [-0.2, -0.15) is 0 Å². The first-order valence-corrected chi connectivity index (χ1v) is 6.73. The fourth-order valence-corrected chi connectivity index (χ4v) is 3.47. The van der Waals surface area contributed by atoms with E-state index in [9.17, 15) is 0 Å². The molecule has 3 N–H and O–H groups in total. The molecule has 1 aromatic carbocycles. The van der Waals surface area contributed by atoms with Gasteiger partial charge < -0.3 is 11.1 Å². The number of piperidine rings is 1. The molecule has 1 aromatic rings. The maximum absolute atomic E-state index is 5.99. The molecule has 0 atom stereocenters. The lowest BCUT2D eigenvalue weighted by molar-refractivity contribution is 0.420. The second-order valence-electron chi connectivity index (χ2n) is 4.50. The summed E-state index contributed by atoms with van der Waals surface area (Å²) in [7, 11) is 0. The molecule has 88 valence electrons. The van der Waals surface area contributed by atoms with Crippen LogP contribution in [0.5, 0.6) is 0 Å². The molecule has 1 saturated heterocycles. The van der Waals surface area contributed by atoms with E-state index in [1.54, 1.807) is 0 Å². The number of aryl methyl sites for hydroxylation is 1. The van der Waals surface area contributed by atoms with E-state index in [1.165, 1.54) is 23.3 Å². The van der Waals surface area contributed by atoms with Crippen molar-refractivity contribution in [1.82, 2.24) is 5.32 Å². The van der Waals surface area contributed by atoms with E-state index in [1.807, 2.05) is 11.8 Å². The first-order valence-electron chi connectivity index (χ1n) is 5.91. The summed E-state index contributed by atoms with van der Waals surface area (Å²) in [5.74, 6) is 0. The minimum atomic E-state index is 0.247. The zero-order valence-electron chi connectivity index (χ0n) is 9.83. The molecule has 0 bridgehead atoms. The van der Waals surface area contributed by atoms with Crippen molar-refractivity contribution in [2.45, 2.75) is 29.4 Å². The Hall–Kier alpha value is -0.510. The standard InChI is InChI=1S/C13H20N2S/c1-11-4-2-3-5-12(11)16-13(10-14)6-8-15-9-7-13/h2-5,15H,6-10,14H2,1H3. The van der Waals surface area contributed by atoms with Crippen LogP contribution in [0.15, 0.2) is 29.2 Å². The first-order chi connectivity index (χ1) is 7.76. The Bertz CT molecular complexity index is 346. The number of hydrogen-bond donors (Lipinski definition) is 2. The first kappa shape index (κ1) is 12.0. The summed E-state index contributed by atoms with van der Waals surface area (Å²) in [5, 5.41) is 3.41. The third-order valence-corrected chi connectivity index (χ3v) is 4.99. The SMILES string of the molecule is Cc1ccccc1SC1(CN)CCNCC1. The predicted octanol–water partition coefficient (Wildman–Crippen LogP) is 2.17. The molecule has 0 aliphatic carbocycles. The quantitative estimate of drug-likeness (QED) is 0.844. The van der Waals surface area contributed by atoms with E-state index in [2.05, 4.69) is 36.5 Å². The van der Waals surface area contributed by atoms with Crippen LogP contribution in [0.25, 0.3) is 0 Å². The van der Waals surface area contributed by atoms with Crippen LogP contribution in [0.4, 0.5) is 0 Å². The monoisotopic (exact) mass is 236 g/mol. The van der Waals surface area contributed by atoms with Crippen molar-refractivity contribution in [3.8, 4) is 0 Å². The van der Waals surface area contributed by atoms with E-state index in [0.717, 1.165) is 19.6 Å². The average molecular weight is 236 g/mol. The molecule has 0 spiro atoms. The van der Waals surface area contributed by atoms with Gasteiger partial charge in [0.15, 0.2) is 0 Å². The van der Waals surface area contributed by atoms with E-state index < -0.39 is 0 Å². The Kier molecular flexibility index (Phi) is 3.90. The molecule has 2 nitrogen and oxygen atoms in total. The van der Waals surface area contributed by atoms with Gasteiger partial charge in [-0.1, -0.05) is 18.2 Å². The van der Waals surface area contributed by atoms with E-state index in [4.69, 9.17) is 5.73 Å². The van der Waals surface area contributed by atoms with Crippen LogP contribution in [-0.2, 0) is 0 Å². The molecule has 1 fully saturated rings. The number of rotatable bonds is 3. The lowest BCUT2D eigenvalue weighted by Crippen LogP contribution is -2.44. The molecule has 0 amide bonds. The Morgan fingerprint density at radius 3 is 2.62 bits per heavy atom. The highest BCUT2D eigenvalue weighted by Gasteiger charge is 2.31. The number of hydrogen-bond acceptors (Lipinski definition) is 3. The molecule has 16 heavy (non-hydrogen) atoms. The third-order valence-electron chi connectivity index (χ3n) is 3.31. The molecule has 3 heteroatoms. The Morgan fingerprint density at radius 2 is 2.00 bits per heavy atom. The van der Waals surface area contributed by atoms with Crippen molar-refractivity contribution < 1.29 is 0 Å². The van der Waals surface area contributed by atoms with Crippen LogP contribution in [0, 0.1) is 6.92 Å². The van der Waals surface area contributed by atoms with Crippen LogP contribution >= 0.6 is 11.8 Å². The van der Waals surface area contributed by atoms with Gasteiger partial charge in [0.05, 0.1) is 0 Å². The molecule has 2 rings (SSSR count). The van der Waals surface area contributed by atoms with Crippen molar-refractivity contribution in [3.05, 3.63) is 29.8 Å². The molecule has 1 aliphatic rings. The maximum atomic E-state index is 5.99. The largest absolute Gasteiger partial charge is 0.329 e. The van der Waals surface area contributed by atoms with Gasteiger partial charge in [-0.15, -0.1) is 11.8 Å². The lowest BCUT2D eigenvalue weighted by atomic mass is 9.97. The highest BCUT2D eigenvalue weighted by atomic mass is 32.2. The smallest absolute Gasteiger partial charge is 0.0353 e. The number of nitrogens with two attached hydrogens (primary N) is 1. The average Bonchev–Trinajstić information content (AvgIpc) is 2.33. The third kappa shape index (κ3) is 2.59. The van der Waals surface area contributed by atoms with Crippen molar-refractivity contribution in [1.29, 1.82) is 0 Å². The van der Waals surface area contributed by atoms with Gasteiger partial charge in [-0.25, -0.2) is 0 Å². The topological polar surface area (TPSA) is 38.0 Å². The fraction of sp³-hybridized carbons (Fsp3) is 0.538. The van der Waals surface area contributed by atoms with Gasteiger partial charge in [-0.05, 0) is 44.5 Å². The zero-order valence-corrected chi connectivity index (χ0v) is 10.6. The summed E-state index contributed by atoms with van der Waals surface area (Å²) in [4.78, 5) is 1.38. The Morgan fingerprint density at radius 1 is 1.31 bits per heavy atom. The number of thioether (sulfide) groups is 1. The predicted molar refractivity (Wildman–Crippen MR) is 70.9 cm³/mol. The fourth-order valence-electron chi connectivity index (χ4n) is 2.13. The van der Waals surface area contributed by atoms with Gasteiger partial charge in [-0.3, -0.25) is 0 Å². The number of nitrogens with one attached hydrogen (secondary N) is 1. The summed E-state index contributed by atoms with van der Waals surface area (Å²) in [6, 6.07) is 8.59. The van der Waals surface area contributed by atoms with E-state index in [0.29, 0.717) is 0 Å². The second-order valence-corrected chi connectivity index (χ2v) is 6.01. The molecule has 0 aromatic heterocycles. The molecular weight excluding hydrogens is 216 g/mol. The molecule has 1 aliphatic heterocycles. The van der Waals surface area contributed by atoms with Crippen molar-refractivity contribution in [2.24, 2.45) is 5.73 Å². The molecular formula is C13H20N2S. The number of benzene rings is 1. The van der Waals surface area contributed by atoms with Gasteiger partial charge in [0.1, 0.15) is 0 Å². The van der Waals surface area contributed by atoms with Gasteiger partial charge in [0.25, 0.3) is 0 Å². The van der Waals surface area contributed by atoms with E-state index in [-0.39, 0.29) is 4.75 Å². The van der Waals surface area contributed by atoms with Crippen LogP contribution in [0.3, 0.4) is 0 Å². The second kappa shape index (κ2) is 5.21. The summed E-state index contributed by atoms with van der Waals surface area (Å²) >= 11 is 1.97. The van der Waals surface area contributed by atoms with Crippen LogP contribution in [0.2, 0.25) is 0 Å². The van der Waals surface area contributed by atoms with E-state index >= 15 is 0 Å². The normalized spacial score (nSPS) is 19.6. The minimum absolute atomic E-state index is 0.247. The Labute approximate surface area is 102 Å². The van der Waals surface area contributed by atoms with Gasteiger partial charge in [0, 0.05) is 16.2 Å². The van der Waals surface area contributed by atoms with Gasteiger partial charge in [0.2, 0.25) is 0 Å². The van der Waals surface area contributed by atoms with Crippen LogP contribution in [0.1, 0.15) is 18.4 Å². The molecule has 1 heterocycles. The van der Waals surface area contributed by atoms with Gasteiger partial charge >= 0.3 is 0 Å². The summed E-state index contributed by atoms with van der Waals surface area (Å²) in [6.45, 7) is 5.13. The molecule has 0 unspecified atom stereocenters. The lowest BCUT2D eigenvalue weighted by Gasteiger charge is -2.36. The zero-order chi connectivity index (χ0) is 11.4. The van der Waals surface area contributed by atoms with Crippen molar-refractivity contribution >= 4 is 11.8 Å².